The second-order valence-corrected chi connectivity index (χ2v) is 1.64. The normalized spacial score (nSPS) is 7.30. The molecule has 58 valence electrons. The lowest BCUT2D eigenvalue weighted by molar-refractivity contribution is -0.001000. The smallest absolute Gasteiger partial charge is 0.0681 e. The van der Waals surface area contributed by atoms with Gasteiger partial charge in [-0.25, -0.2) is 0 Å². The molecule has 0 aliphatic carbocycles. The van der Waals surface area contributed by atoms with Crippen LogP contribution in [0, 0.1) is 0 Å². The predicted molar refractivity (Wildman–Crippen MR) is 32.4 cm³/mol. The summed E-state index contributed by atoms with van der Waals surface area (Å²) in [6.07, 6.45) is 0. The summed E-state index contributed by atoms with van der Waals surface area (Å²) in [6, 6.07) is 9.52. The number of aliphatic hydroxyl groups excluding tert-OH is 1. The molecule has 0 fully saturated rings. The first-order chi connectivity index (χ1) is 3.93. The fourth-order valence-corrected chi connectivity index (χ4v) is 0.583. The van der Waals surface area contributed by atoms with Crippen molar-refractivity contribution in [3.63, 3.8) is 0 Å². The molecule has 0 aliphatic heterocycles. The van der Waals surface area contributed by atoms with Gasteiger partial charge in [-0.2, -0.15) is 0 Å². The first kappa shape index (κ1) is 12.4. The highest BCUT2D eigenvalue weighted by molar-refractivity contribution is 5.12. The van der Waals surface area contributed by atoms with E-state index in [4.69, 9.17) is 5.11 Å². The third-order valence-corrected chi connectivity index (χ3v) is 1.03. The molecule has 0 heterocycles. The van der Waals surface area contributed by atoms with Gasteiger partial charge in [-0.05, 0) is 5.56 Å². The second kappa shape index (κ2) is 6.87. The Labute approximate surface area is 72.9 Å². The number of halogens is 2. The van der Waals surface area contributed by atoms with Gasteiger partial charge in [-0.1, -0.05) is 30.3 Å². The van der Waals surface area contributed by atoms with Crippen LogP contribution in [0.2, 0.25) is 0 Å². The van der Waals surface area contributed by atoms with E-state index in [2.05, 4.69) is 0 Å². The molecule has 0 aromatic heterocycles. The number of hydrogen-bond acceptors (Lipinski definition) is 1. The molecule has 0 unspecified atom stereocenters. The van der Waals surface area contributed by atoms with E-state index >= 15 is 0 Å². The van der Waals surface area contributed by atoms with Crippen LogP contribution in [0.3, 0.4) is 0 Å². The van der Waals surface area contributed by atoms with Crippen molar-refractivity contribution in [3.05, 3.63) is 35.9 Å². The molecule has 1 rings (SSSR count). The molecule has 10 heavy (non-hydrogen) atoms. The fraction of sp³-hybridized carbons (Fsp3) is 0.143. The number of aliphatic hydroxyl groups is 1. The van der Waals surface area contributed by atoms with Crippen molar-refractivity contribution in [1.29, 1.82) is 0 Å². The third kappa shape index (κ3) is 3.72. The fourth-order valence-electron chi connectivity index (χ4n) is 0.583. The van der Waals surface area contributed by atoms with Gasteiger partial charge in [-0.15, -0.1) is 0 Å². The number of benzene rings is 1. The molecule has 0 saturated heterocycles. The highest BCUT2D eigenvalue weighted by Gasteiger charge is 1.81. The van der Waals surface area contributed by atoms with Gasteiger partial charge in [0.15, 0.2) is 0 Å². The lowest BCUT2D eigenvalue weighted by Gasteiger charge is -1.89. The van der Waals surface area contributed by atoms with Crippen LogP contribution >= 0.6 is 0 Å². The predicted octanol–water partition coefficient (Wildman–Crippen LogP) is -4.81. The second-order valence-electron chi connectivity index (χ2n) is 1.64. The molecule has 0 saturated carbocycles. The van der Waals surface area contributed by atoms with Gasteiger partial charge < -0.3 is 29.9 Å². The van der Waals surface area contributed by atoms with Crippen molar-refractivity contribution in [3.8, 4) is 0 Å². The van der Waals surface area contributed by atoms with Crippen molar-refractivity contribution in [2.75, 3.05) is 0 Å². The Hall–Kier alpha value is -0.240. The Kier molecular flexibility index (Phi) is 8.55. The largest absolute Gasteiger partial charge is 1.00 e. The van der Waals surface area contributed by atoms with Crippen molar-refractivity contribution >= 4 is 0 Å². The van der Waals surface area contributed by atoms with Gasteiger partial charge in [0.25, 0.3) is 0 Å². The summed E-state index contributed by atoms with van der Waals surface area (Å²) in [7, 11) is 0. The Balaban J connectivity index is 0. The van der Waals surface area contributed by atoms with Crippen LogP contribution in [0.15, 0.2) is 30.3 Å². The lowest BCUT2D eigenvalue weighted by Crippen LogP contribution is -3.00. The topological polar surface area (TPSA) is 20.2 Å². The third-order valence-electron chi connectivity index (χ3n) is 1.03. The van der Waals surface area contributed by atoms with Gasteiger partial charge in [0.1, 0.15) is 0 Å². The van der Waals surface area contributed by atoms with Gasteiger partial charge in [0.05, 0.1) is 6.61 Å². The Bertz CT molecular complexity index is 153. The number of rotatable bonds is 1. The SMILES string of the molecule is OCc1ccccc1.[Cl-].[Cl-]. The highest BCUT2D eigenvalue weighted by atomic mass is 35.5. The van der Waals surface area contributed by atoms with E-state index in [1.54, 1.807) is 0 Å². The maximum atomic E-state index is 8.54. The minimum atomic E-state index is 0. The van der Waals surface area contributed by atoms with Gasteiger partial charge in [0, 0.05) is 0 Å². The average Bonchev–Trinajstić information content (AvgIpc) is 1.90. The van der Waals surface area contributed by atoms with Crippen LogP contribution in [0.1, 0.15) is 5.56 Å². The summed E-state index contributed by atoms with van der Waals surface area (Å²) >= 11 is 0. The minimum absolute atomic E-state index is 0. The van der Waals surface area contributed by atoms with Crippen LogP contribution in [-0.2, 0) is 6.61 Å². The van der Waals surface area contributed by atoms with Gasteiger partial charge in [0.2, 0.25) is 0 Å². The van der Waals surface area contributed by atoms with Crippen LogP contribution in [-0.4, -0.2) is 5.11 Å². The van der Waals surface area contributed by atoms with Crippen molar-refractivity contribution < 1.29 is 29.9 Å². The molecule has 1 aromatic carbocycles. The maximum Gasteiger partial charge on any atom is 0.0681 e. The molecule has 3 heteroatoms. The van der Waals surface area contributed by atoms with Crippen molar-refractivity contribution in [1.82, 2.24) is 0 Å². The molecule has 0 atom stereocenters. The summed E-state index contributed by atoms with van der Waals surface area (Å²) in [4.78, 5) is 0. The molecule has 0 bridgehead atoms. The zero-order valence-electron chi connectivity index (χ0n) is 5.30. The average molecular weight is 179 g/mol. The van der Waals surface area contributed by atoms with Crippen LogP contribution in [0.4, 0.5) is 0 Å². The summed E-state index contributed by atoms with van der Waals surface area (Å²) in [5, 5.41) is 8.54. The van der Waals surface area contributed by atoms with E-state index in [0.29, 0.717) is 0 Å². The van der Waals surface area contributed by atoms with E-state index < -0.39 is 0 Å². The molecule has 1 N–H and O–H groups in total. The minimum Gasteiger partial charge on any atom is -1.00 e. The molecule has 0 aliphatic rings. The van der Waals surface area contributed by atoms with Crippen LogP contribution in [0.25, 0.3) is 0 Å². The quantitative estimate of drug-likeness (QED) is 0.458. The molecule has 0 radical (unpaired) electrons. The van der Waals surface area contributed by atoms with Crippen molar-refractivity contribution in [2.24, 2.45) is 0 Å². The summed E-state index contributed by atoms with van der Waals surface area (Å²) in [6.45, 7) is 0.140. The molecular formula is C7H8Cl2O-2. The number of hydrogen-bond donors (Lipinski definition) is 1. The van der Waals surface area contributed by atoms with Gasteiger partial charge in [-0.3, -0.25) is 0 Å². The Morgan fingerprint density at radius 1 is 1.00 bits per heavy atom. The molecule has 1 aromatic rings. The van der Waals surface area contributed by atoms with Crippen molar-refractivity contribution in [2.45, 2.75) is 6.61 Å². The summed E-state index contributed by atoms with van der Waals surface area (Å²) in [5.74, 6) is 0. The van der Waals surface area contributed by atoms with Crippen LogP contribution < -0.4 is 24.8 Å². The van der Waals surface area contributed by atoms with E-state index in [0.717, 1.165) is 5.56 Å². The molecular weight excluding hydrogens is 171 g/mol. The highest BCUT2D eigenvalue weighted by Crippen LogP contribution is 1.95. The Morgan fingerprint density at radius 2 is 1.50 bits per heavy atom. The molecule has 1 nitrogen and oxygen atoms in total. The van der Waals surface area contributed by atoms with Gasteiger partial charge >= 0.3 is 0 Å². The van der Waals surface area contributed by atoms with E-state index in [-0.39, 0.29) is 31.4 Å². The Morgan fingerprint density at radius 3 is 1.80 bits per heavy atom. The van der Waals surface area contributed by atoms with E-state index in [1.807, 2.05) is 30.3 Å². The molecule has 0 spiro atoms. The van der Waals surface area contributed by atoms with Crippen LogP contribution in [0.5, 0.6) is 0 Å². The zero-order chi connectivity index (χ0) is 5.82. The monoisotopic (exact) mass is 178 g/mol. The zero-order valence-corrected chi connectivity index (χ0v) is 6.81. The first-order valence-corrected chi connectivity index (χ1v) is 2.58. The maximum absolute atomic E-state index is 8.54. The summed E-state index contributed by atoms with van der Waals surface area (Å²) in [5.41, 5.74) is 0.965. The molecule has 0 amide bonds. The standard InChI is InChI=1S/C7H8O.2ClH/c8-6-7-4-2-1-3-5-7;;/h1-5,8H,6H2;2*1H/p-2. The first-order valence-electron chi connectivity index (χ1n) is 2.58. The lowest BCUT2D eigenvalue weighted by atomic mass is 10.2. The van der Waals surface area contributed by atoms with E-state index in [1.165, 1.54) is 0 Å². The summed E-state index contributed by atoms with van der Waals surface area (Å²) < 4.78 is 0. The van der Waals surface area contributed by atoms with E-state index in [9.17, 15) is 0 Å².